The van der Waals surface area contributed by atoms with Crippen molar-refractivity contribution in [2.45, 2.75) is 6.10 Å². The van der Waals surface area contributed by atoms with E-state index in [0.717, 1.165) is 5.69 Å². The van der Waals surface area contributed by atoms with Gasteiger partial charge in [-0.25, -0.2) is 0 Å². The minimum absolute atomic E-state index is 0.0219. The van der Waals surface area contributed by atoms with E-state index in [0.29, 0.717) is 12.1 Å². The van der Waals surface area contributed by atoms with Crippen LogP contribution in [-0.2, 0) is 4.74 Å². The van der Waals surface area contributed by atoms with Gasteiger partial charge >= 0.3 is 0 Å². The summed E-state index contributed by atoms with van der Waals surface area (Å²) in [5.74, 6) is 0.0219. The summed E-state index contributed by atoms with van der Waals surface area (Å²) in [7, 11) is 3.40. The van der Waals surface area contributed by atoms with Gasteiger partial charge in [0.05, 0.1) is 12.7 Å². The van der Waals surface area contributed by atoms with Gasteiger partial charge in [-0.15, -0.1) is 0 Å². The third-order valence-electron chi connectivity index (χ3n) is 2.45. The van der Waals surface area contributed by atoms with Crippen LogP contribution in [0.1, 0.15) is 5.56 Å². The molecular weight excluding hydrogens is 218 g/mol. The third-order valence-corrected chi connectivity index (χ3v) is 2.45. The number of anilines is 1. The number of nitrogen functional groups attached to an aromatic ring is 1. The number of hydrogen-bond acceptors (Lipinski definition) is 4. The summed E-state index contributed by atoms with van der Waals surface area (Å²) in [5.41, 5.74) is 7.01. The fraction of sp³-hybridized carbons (Fsp3) is 0.417. The molecule has 0 aliphatic rings. The third kappa shape index (κ3) is 3.72. The SMILES string of the molecule is COCC(O)CN(C)c1ccccc1C(=N)N. The highest BCUT2D eigenvalue weighted by molar-refractivity contribution is 6.00. The van der Waals surface area contributed by atoms with Crippen molar-refractivity contribution in [2.75, 3.05) is 32.2 Å². The van der Waals surface area contributed by atoms with Gasteiger partial charge in [-0.05, 0) is 12.1 Å². The first-order valence-corrected chi connectivity index (χ1v) is 5.37. The predicted octanol–water partition coefficient (Wildman–Crippen LogP) is 0.414. The Hall–Kier alpha value is -1.59. The summed E-state index contributed by atoms with van der Waals surface area (Å²) >= 11 is 0. The van der Waals surface area contributed by atoms with Gasteiger partial charge in [-0.2, -0.15) is 0 Å². The zero-order valence-electron chi connectivity index (χ0n) is 10.2. The predicted molar refractivity (Wildman–Crippen MR) is 68.6 cm³/mol. The van der Waals surface area contributed by atoms with Crippen LogP contribution >= 0.6 is 0 Å². The first-order valence-electron chi connectivity index (χ1n) is 5.37. The van der Waals surface area contributed by atoms with E-state index < -0.39 is 6.10 Å². The fourth-order valence-electron chi connectivity index (χ4n) is 1.69. The molecule has 0 aromatic heterocycles. The molecule has 0 bridgehead atoms. The van der Waals surface area contributed by atoms with E-state index in [2.05, 4.69) is 0 Å². The van der Waals surface area contributed by atoms with Crippen molar-refractivity contribution in [2.24, 2.45) is 5.73 Å². The van der Waals surface area contributed by atoms with Crippen molar-refractivity contribution < 1.29 is 9.84 Å². The Bertz CT molecular complexity index is 382. The molecule has 1 atom stereocenters. The Morgan fingerprint density at radius 2 is 2.18 bits per heavy atom. The number of aliphatic hydroxyl groups excluding tert-OH is 1. The van der Waals surface area contributed by atoms with E-state index in [1.54, 1.807) is 13.2 Å². The molecule has 0 heterocycles. The molecule has 0 saturated carbocycles. The minimum Gasteiger partial charge on any atom is -0.389 e. The van der Waals surface area contributed by atoms with Crippen LogP contribution in [0.3, 0.4) is 0 Å². The van der Waals surface area contributed by atoms with Crippen molar-refractivity contribution in [1.29, 1.82) is 5.41 Å². The Balaban J connectivity index is 2.81. The van der Waals surface area contributed by atoms with Gasteiger partial charge in [-0.3, -0.25) is 5.41 Å². The molecule has 0 fully saturated rings. The molecule has 5 heteroatoms. The van der Waals surface area contributed by atoms with Gasteiger partial charge < -0.3 is 20.5 Å². The van der Waals surface area contributed by atoms with Crippen LogP contribution in [0, 0.1) is 5.41 Å². The summed E-state index contributed by atoms with van der Waals surface area (Å²) in [6, 6.07) is 7.37. The molecule has 94 valence electrons. The van der Waals surface area contributed by atoms with E-state index in [9.17, 15) is 5.11 Å². The molecule has 5 nitrogen and oxygen atoms in total. The summed E-state index contributed by atoms with van der Waals surface area (Å²) in [4.78, 5) is 1.86. The van der Waals surface area contributed by atoms with Crippen molar-refractivity contribution in [1.82, 2.24) is 0 Å². The number of aliphatic hydroxyl groups is 1. The number of nitrogens with two attached hydrogens (primary N) is 1. The van der Waals surface area contributed by atoms with Crippen LogP contribution in [0.5, 0.6) is 0 Å². The second kappa shape index (κ2) is 6.22. The lowest BCUT2D eigenvalue weighted by Gasteiger charge is -2.24. The molecule has 1 rings (SSSR count). The molecule has 0 saturated heterocycles. The molecule has 0 amide bonds. The number of methoxy groups -OCH3 is 1. The molecule has 0 radical (unpaired) electrons. The lowest BCUT2D eigenvalue weighted by Crippen LogP contribution is -2.33. The van der Waals surface area contributed by atoms with Crippen LogP contribution in [0.2, 0.25) is 0 Å². The first kappa shape index (κ1) is 13.5. The molecule has 0 aliphatic carbocycles. The van der Waals surface area contributed by atoms with Gasteiger partial charge in [0.15, 0.2) is 0 Å². The first-order chi connectivity index (χ1) is 8.06. The Kier molecular flexibility index (Phi) is 4.93. The summed E-state index contributed by atoms with van der Waals surface area (Å²) in [6.07, 6.45) is -0.565. The van der Waals surface area contributed by atoms with Crippen LogP contribution in [-0.4, -0.2) is 44.4 Å². The van der Waals surface area contributed by atoms with Gasteiger partial charge in [0.2, 0.25) is 0 Å². The number of nitrogens with one attached hydrogen (secondary N) is 1. The average Bonchev–Trinajstić information content (AvgIpc) is 2.29. The molecule has 1 unspecified atom stereocenters. The molecule has 1 aromatic carbocycles. The van der Waals surface area contributed by atoms with Crippen LogP contribution in [0.15, 0.2) is 24.3 Å². The molecular formula is C12H19N3O2. The zero-order chi connectivity index (χ0) is 12.8. The number of amidine groups is 1. The number of rotatable bonds is 6. The van der Waals surface area contributed by atoms with E-state index in [1.807, 2.05) is 30.1 Å². The summed E-state index contributed by atoms with van der Waals surface area (Å²) < 4.78 is 4.87. The highest BCUT2D eigenvalue weighted by Crippen LogP contribution is 2.18. The van der Waals surface area contributed by atoms with Crippen LogP contribution in [0.25, 0.3) is 0 Å². The topological polar surface area (TPSA) is 82.6 Å². The van der Waals surface area contributed by atoms with E-state index >= 15 is 0 Å². The average molecular weight is 237 g/mol. The molecule has 4 N–H and O–H groups in total. The molecule has 0 spiro atoms. The Morgan fingerprint density at radius 3 is 2.76 bits per heavy atom. The highest BCUT2D eigenvalue weighted by Gasteiger charge is 2.12. The maximum Gasteiger partial charge on any atom is 0.124 e. The smallest absolute Gasteiger partial charge is 0.124 e. The zero-order valence-corrected chi connectivity index (χ0v) is 10.2. The van der Waals surface area contributed by atoms with E-state index in [-0.39, 0.29) is 12.4 Å². The highest BCUT2D eigenvalue weighted by atomic mass is 16.5. The lowest BCUT2D eigenvalue weighted by molar-refractivity contribution is 0.0695. The normalized spacial score (nSPS) is 12.2. The van der Waals surface area contributed by atoms with Crippen molar-refractivity contribution >= 4 is 11.5 Å². The second-order valence-electron chi connectivity index (χ2n) is 3.92. The minimum atomic E-state index is -0.565. The number of hydrogen-bond donors (Lipinski definition) is 3. The summed E-state index contributed by atoms with van der Waals surface area (Å²) in [6.45, 7) is 0.713. The number of para-hydroxylation sites is 1. The number of ether oxygens (including phenoxy) is 1. The Morgan fingerprint density at radius 1 is 1.53 bits per heavy atom. The van der Waals surface area contributed by atoms with Crippen molar-refractivity contribution in [3.63, 3.8) is 0 Å². The standard InChI is InChI=1S/C12H19N3O2/c1-15(7-9(16)8-17-2)11-6-4-3-5-10(11)12(13)14/h3-6,9,16H,7-8H2,1-2H3,(H3,13,14). The fourth-order valence-corrected chi connectivity index (χ4v) is 1.69. The van der Waals surface area contributed by atoms with Gasteiger partial charge in [0.25, 0.3) is 0 Å². The number of benzene rings is 1. The number of nitrogens with zero attached hydrogens (tertiary/aromatic N) is 1. The Labute approximate surface area is 101 Å². The van der Waals surface area contributed by atoms with Gasteiger partial charge in [-0.1, -0.05) is 12.1 Å². The van der Waals surface area contributed by atoms with E-state index in [1.165, 1.54) is 0 Å². The monoisotopic (exact) mass is 237 g/mol. The maximum atomic E-state index is 9.66. The number of likely N-dealkylation sites (N-methyl/N-ethyl adjacent to an activating group) is 1. The summed E-state index contributed by atoms with van der Waals surface area (Å²) in [5, 5.41) is 17.2. The van der Waals surface area contributed by atoms with E-state index in [4.69, 9.17) is 15.9 Å². The van der Waals surface area contributed by atoms with Crippen molar-refractivity contribution in [3.05, 3.63) is 29.8 Å². The van der Waals surface area contributed by atoms with Crippen LogP contribution < -0.4 is 10.6 Å². The lowest BCUT2D eigenvalue weighted by atomic mass is 10.1. The quantitative estimate of drug-likeness (QED) is 0.494. The van der Waals surface area contributed by atoms with Crippen LogP contribution in [0.4, 0.5) is 5.69 Å². The molecule has 1 aromatic rings. The molecule has 17 heavy (non-hydrogen) atoms. The molecule has 0 aliphatic heterocycles. The largest absolute Gasteiger partial charge is 0.389 e. The second-order valence-corrected chi connectivity index (χ2v) is 3.92. The van der Waals surface area contributed by atoms with Crippen molar-refractivity contribution in [3.8, 4) is 0 Å². The van der Waals surface area contributed by atoms with Gasteiger partial charge in [0, 0.05) is 32.0 Å². The van der Waals surface area contributed by atoms with Gasteiger partial charge in [0.1, 0.15) is 5.84 Å². The maximum absolute atomic E-state index is 9.66.